The van der Waals surface area contributed by atoms with Crippen molar-refractivity contribution in [2.45, 2.75) is 50.6 Å². The highest BCUT2D eigenvalue weighted by molar-refractivity contribution is 5.95. The Kier molecular flexibility index (Phi) is 8.15. The fourth-order valence-electron chi connectivity index (χ4n) is 5.15. The zero-order valence-corrected chi connectivity index (χ0v) is 22.3. The molecule has 2 heterocycles. The molecule has 0 bridgehead atoms. The van der Waals surface area contributed by atoms with Crippen LogP contribution >= 0.6 is 0 Å². The number of piperazine rings is 1. The van der Waals surface area contributed by atoms with Crippen LogP contribution in [0.1, 0.15) is 31.2 Å². The second-order valence-corrected chi connectivity index (χ2v) is 10.3. The first-order chi connectivity index (χ1) is 19.2. The van der Waals surface area contributed by atoms with E-state index >= 15 is 0 Å². The molecule has 2 aliphatic rings. The third-order valence-electron chi connectivity index (χ3n) is 7.51. The normalized spacial score (nSPS) is 18.2. The minimum absolute atomic E-state index is 0.00753. The number of halogens is 3. The van der Waals surface area contributed by atoms with Crippen molar-refractivity contribution in [2.75, 3.05) is 38.6 Å². The molecule has 1 saturated carbocycles. The molecule has 214 valence electrons. The molecule has 3 N–H and O–H groups in total. The first-order valence-corrected chi connectivity index (χ1v) is 13.5. The van der Waals surface area contributed by atoms with Crippen LogP contribution in [0.3, 0.4) is 0 Å². The number of guanidine groups is 1. The zero-order valence-electron chi connectivity index (χ0n) is 22.3. The van der Waals surface area contributed by atoms with Crippen LogP contribution in [0.15, 0.2) is 51.0 Å². The zero-order chi connectivity index (χ0) is 28.3. The number of ether oxygens (including phenoxy) is 1. The van der Waals surface area contributed by atoms with Crippen molar-refractivity contribution < 1.29 is 17.9 Å². The van der Waals surface area contributed by atoms with Crippen molar-refractivity contribution in [2.24, 2.45) is 4.99 Å². The summed E-state index contributed by atoms with van der Waals surface area (Å²) in [6.07, 6.45) is 0.432. The van der Waals surface area contributed by atoms with Crippen LogP contribution in [0.25, 0.3) is 10.9 Å². The van der Waals surface area contributed by atoms with Gasteiger partial charge in [0.1, 0.15) is 11.6 Å². The number of rotatable bonds is 6. The Hall–Kier alpha value is -3.80. The Morgan fingerprint density at radius 1 is 1.12 bits per heavy atom. The van der Waals surface area contributed by atoms with Crippen LogP contribution in [0.2, 0.25) is 0 Å². The van der Waals surface area contributed by atoms with Gasteiger partial charge in [0.25, 0.3) is 5.56 Å². The van der Waals surface area contributed by atoms with Crippen LogP contribution in [0.5, 0.6) is 5.75 Å². The average molecular weight is 559 g/mol. The van der Waals surface area contributed by atoms with Crippen molar-refractivity contribution >= 4 is 22.5 Å². The number of methoxy groups -OCH3 is 1. The van der Waals surface area contributed by atoms with Gasteiger partial charge in [-0.25, -0.2) is 23.0 Å². The predicted octanol–water partition coefficient (Wildman–Crippen LogP) is 3.33. The number of benzene rings is 2. The predicted molar refractivity (Wildman–Crippen MR) is 148 cm³/mol. The lowest BCUT2D eigenvalue weighted by Gasteiger charge is -2.33. The number of aromatic amines is 1. The highest BCUT2D eigenvalue weighted by atomic mass is 19.3. The molecule has 0 unspecified atom stereocenters. The van der Waals surface area contributed by atoms with E-state index in [2.05, 4.69) is 20.5 Å². The number of hydrogen-bond acceptors (Lipinski definition) is 5. The molecule has 9 nitrogen and oxygen atoms in total. The molecular weight excluding hydrogens is 525 g/mol. The fraction of sp³-hybridized carbons (Fsp3) is 0.464. The number of hydrogen-bond donors (Lipinski definition) is 3. The maximum atomic E-state index is 14.3. The van der Waals surface area contributed by atoms with Crippen molar-refractivity contribution in [3.63, 3.8) is 0 Å². The van der Waals surface area contributed by atoms with Crippen LogP contribution in [-0.2, 0) is 13.0 Å². The monoisotopic (exact) mass is 558 g/mol. The van der Waals surface area contributed by atoms with Gasteiger partial charge in [0.2, 0.25) is 5.92 Å². The first-order valence-electron chi connectivity index (χ1n) is 13.5. The Bertz CT molecular complexity index is 1500. The summed E-state index contributed by atoms with van der Waals surface area (Å²) in [5, 5.41) is 6.91. The molecule has 3 aromatic rings. The van der Waals surface area contributed by atoms with Gasteiger partial charge in [-0.05, 0) is 49.1 Å². The molecule has 2 fully saturated rings. The number of aliphatic imine (C=N–C) groups is 1. The van der Waals surface area contributed by atoms with Gasteiger partial charge in [-0.2, -0.15) is 0 Å². The van der Waals surface area contributed by atoms with Gasteiger partial charge in [-0.3, -0.25) is 9.36 Å². The maximum absolute atomic E-state index is 14.3. The summed E-state index contributed by atoms with van der Waals surface area (Å²) < 4.78 is 47.8. The van der Waals surface area contributed by atoms with Crippen LogP contribution < -0.4 is 26.6 Å². The lowest BCUT2D eigenvalue weighted by Crippen LogP contribution is -2.49. The largest absolute Gasteiger partial charge is 0.497 e. The van der Waals surface area contributed by atoms with Gasteiger partial charge in [0.05, 0.1) is 24.1 Å². The number of aromatic nitrogens is 2. The molecule has 12 heteroatoms. The molecule has 1 aliphatic heterocycles. The van der Waals surface area contributed by atoms with Crippen molar-refractivity contribution in [1.29, 1.82) is 0 Å². The van der Waals surface area contributed by atoms with Gasteiger partial charge in [-0.1, -0.05) is 6.07 Å². The van der Waals surface area contributed by atoms with E-state index in [1.807, 2.05) is 0 Å². The Morgan fingerprint density at radius 2 is 1.88 bits per heavy atom. The third-order valence-corrected chi connectivity index (χ3v) is 7.51. The lowest BCUT2D eigenvalue weighted by atomic mass is 9.93. The van der Waals surface area contributed by atoms with Crippen LogP contribution in [0.4, 0.5) is 18.9 Å². The summed E-state index contributed by atoms with van der Waals surface area (Å²) >= 11 is 0. The van der Waals surface area contributed by atoms with Crippen LogP contribution in [-0.4, -0.2) is 65.7 Å². The molecule has 1 aliphatic carbocycles. The van der Waals surface area contributed by atoms with E-state index in [1.165, 1.54) is 13.2 Å². The van der Waals surface area contributed by atoms with E-state index in [9.17, 15) is 22.8 Å². The number of nitrogens with one attached hydrogen (secondary N) is 3. The van der Waals surface area contributed by atoms with Crippen molar-refractivity contribution in [1.82, 2.24) is 19.8 Å². The summed E-state index contributed by atoms with van der Waals surface area (Å²) in [7, 11) is 1.45. The first kappa shape index (κ1) is 27.8. The van der Waals surface area contributed by atoms with E-state index in [-0.39, 0.29) is 31.8 Å². The number of aryl methyl sites for hydroxylation is 1. The number of H-pyrrole nitrogens is 1. The second kappa shape index (κ2) is 11.7. The van der Waals surface area contributed by atoms with E-state index < -0.39 is 23.0 Å². The third kappa shape index (κ3) is 6.33. The number of alkyl halides is 2. The van der Waals surface area contributed by atoms with Crippen molar-refractivity contribution in [3.8, 4) is 5.75 Å². The summed E-state index contributed by atoms with van der Waals surface area (Å²) in [5.41, 5.74) is 0.261. The number of nitrogens with zero attached hydrogens (tertiary/aromatic N) is 3. The maximum Gasteiger partial charge on any atom is 0.328 e. The molecule has 0 spiro atoms. The smallest absolute Gasteiger partial charge is 0.328 e. The number of fused-ring (bicyclic) bond motifs is 1. The molecule has 2 aromatic carbocycles. The number of anilines is 1. The highest BCUT2D eigenvalue weighted by Crippen LogP contribution is 2.34. The van der Waals surface area contributed by atoms with E-state index in [1.54, 1.807) is 30.3 Å². The molecular formula is C28H33F3N6O3. The van der Waals surface area contributed by atoms with E-state index in [0.717, 1.165) is 17.7 Å². The summed E-state index contributed by atoms with van der Waals surface area (Å²) in [4.78, 5) is 35.6. The van der Waals surface area contributed by atoms with Gasteiger partial charge in [0, 0.05) is 57.3 Å². The molecule has 1 saturated heterocycles. The molecule has 1 aromatic heterocycles. The lowest BCUT2D eigenvalue weighted by molar-refractivity contribution is -0.0374. The molecule has 0 atom stereocenters. The molecule has 0 amide bonds. The summed E-state index contributed by atoms with van der Waals surface area (Å²) in [6.45, 7) is 2.97. The highest BCUT2D eigenvalue weighted by Gasteiger charge is 2.35. The molecule has 0 radical (unpaired) electrons. The summed E-state index contributed by atoms with van der Waals surface area (Å²) in [6, 6.07) is 9.26. The SMILES string of the molecule is COc1ccc(CCn2c(=O)[nH]c3cc(NC(=NC4CCC(F)(F)CC4)N4CCNCC4)ccc3c2=O)c(F)c1. The Morgan fingerprint density at radius 3 is 2.58 bits per heavy atom. The Balaban J connectivity index is 1.37. The van der Waals surface area contributed by atoms with Crippen LogP contribution in [0, 0.1) is 5.82 Å². The minimum atomic E-state index is -2.63. The van der Waals surface area contributed by atoms with Gasteiger partial charge in [-0.15, -0.1) is 0 Å². The van der Waals surface area contributed by atoms with E-state index in [0.29, 0.717) is 59.8 Å². The Labute approximate surface area is 229 Å². The fourth-order valence-corrected chi connectivity index (χ4v) is 5.15. The molecule has 40 heavy (non-hydrogen) atoms. The summed E-state index contributed by atoms with van der Waals surface area (Å²) in [5.74, 6) is -2.12. The standard InChI is InChI=1S/C28H33F3N6O3/c1-40-21-4-2-18(23(29)17-21)8-13-37-25(38)22-5-3-20(16-24(22)35-27(37)39)34-26(36-14-11-32-12-15-36)33-19-6-9-28(30,31)10-7-19/h2-5,16-17,19,32H,6-15H2,1H3,(H,33,34)(H,35,39). The topological polar surface area (TPSA) is 104 Å². The van der Waals surface area contributed by atoms with E-state index in [4.69, 9.17) is 9.73 Å². The second-order valence-electron chi connectivity index (χ2n) is 10.3. The van der Waals surface area contributed by atoms with Gasteiger partial charge in [0.15, 0.2) is 5.96 Å². The van der Waals surface area contributed by atoms with Crippen molar-refractivity contribution in [3.05, 3.63) is 68.6 Å². The van der Waals surface area contributed by atoms with Gasteiger partial charge >= 0.3 is 5.69 Å². The quantitative estimate of drug-likeness (QED) is 0.317. The average Bonchev–Trinajstić information content (AvgIpc) is 2.94. The van der Waals surface area contributed by atoms with Gasteiger partial charge < -0.3 is 25.3 Å². The minimum Gasteiger partial charge on any atom is -0.497 e. The molecule has 5 rings (SSSR count).